The molecule has 1 heterocycles. The van der Waals surface area contributed by atoms with Crippen LogP contribution in [0.1, 0.15) is 37.4 Å². The zero-order valence-corrected chi connectivity index (χ0v) is 15.1. The van der Waals surface area contributed by atoms with Crippen molar-refractivity contribution >= 4 is 27.3 Å². The van der Waals surface area contributed by atoms with Crippen LogP contribution in [0, 0.1) is 0 Å². The van der Waals surface area contributed by atoms with Crippen molar-refractivity contribution in [2.75, 3.05) is 25.9 Å². The molecule has 0 amide bonds. The van der Waals surface area contributed by atoms with Crippen LogP contribution in [0.2, 0.25) is 0 Å². The minimum absolute atomic E-state index is 0.0855. The molecule has 0 aliphatic rings. The van der Waals surface area contributed by atoms with E-state index in [1.807, 2.05) is 0 Å². The van der Waals surface area contributed by atoms with Gasteiger partial charge in [0.05, 0.1) is 18.0 Å². The number of rotatable bonds is 8. The van der Waals surface area contributed by atoms with Crippen LogP contribution in [0.25, 0.3) is 0 Å². The number of aliphatic imine (C=N–C) groups is 1. The van der Waals surface area contributed by atoms with Gasteiger partial charge < -0.3 is 10.6 Å². The van der Waals surface area contributed by atoms with Gasteiger partial charge in [0.15, 0.2) is 5.96 Å². The predicted octanol–water partition coefficient (Wildman–Crippen LogP) is 0.871. The first kappa shape index (κ1) is 18.9. The summed E-state index contributed by atoms with van der Waals surface area (Å²) in [7, 11) is -1.47. The number of hydrogen-bond acceptors (Lipinski definition) is 5. The number of thiazole rings is 1. The van der Waals surface area contributed by atoms with E-state index in [0.29, 0.717) is 31.5 Å². The lowest BCUT2D eigenvalue weighted by Gasteiger charge is -2.11. The summed E-state index contributed by atoms with van der Waals surface area (Å²) in [4.78, 5) is 8.63. The van der Waals surface area contributed by atoms with E-state index in [1.54, 1.807) is 25.3 Å². The number of guanidine groups is 1. The topological polar surface area (TPSA) is 95.5 Å². The third kappa shape index (κ3) is 6.71. The van der Waals surface area contributed by atoms with Gasteiger partial charge in [0, 0.05) is 25.5 Å². The fraction of sp³-hybridized carbons (Fsp3) is 0.692. The highest BCUT2D eigenvalue weighted by atomic mass is 32.2. The summed E-state index contributed by atoms with van der Waals surface area (Å²) in [5.41, 5.74) is 1.10. The largest absolute Gasteiger partial charge is 0.355 e. The fourth-order valence-electron chi connectivity index (χ4n) is 1.54. The molecule has 0 atom stereocenters. The van der Waals surface area contributed by atoms with Gasteiger partial charge in [-0.1, -0.05) is 13.8 Å². The average Bonchev–Trinajstić information content (AvgIpc) is 2.95. The van der Waals surface area contributed by atoms with Crippen molar-refractivity contribution in [3.05, 3.63) is 16.1 Å². The molecule has 0 aromatic carbocycles. The molecule has 1 aromatic rings. The van der Waals surface area contributed by atoms with Crippen LogP contribution in [-0.2, 0) is 16.6 Å². The van der Waals surface area contributed by atoms with Crippen molar-refractivity contribution in [2.24, 2.45) is 4.99 Å². The number of nitrogens with one attached hydrogen (secondary N) is 3. The standard InChI is InChI=1S/C13H25N5O2S2/c1-5-22(19,20)17-7-6-15-13(14-4)16-8-12-18-11(9-21-12)10(2)3/h9-10,17H,5-8H2,1-4H3,(H2,14,15,16). The Bertz CT molecular complexity index is 581. The van der Waals surface area contributed by atoms with Crippen LogP contribution in [0.15, 0.2) is 10.4 Å². The maximum atomic E-state index is 11.3. The van der Waals surface area contributed by atoms with Crippen LogP contribution in [0.5, 0.6) is 0 Å². The van der Waals surface area contributed by atoms with Crippen molar-refractivity contribution in [3.63, 3.8) is 0 Å². The normalized spacial score (nSPS) is 12.7. The highest BCUT2D eigenvalue weighted by molar-refractivity contribution is 7.89. The summed E-state index contributed by atoms with van der Waals surface area (Å²) in [6.45, 7) is 7.22. The molecule has 3 N–H and O–H groups in total. The molecule has 126 valence electrons. The second-order valence-electron chi connectivity index (χ2n) is 4.97. The molecule has 0 saturated heterocycles. The summed E-state index contributed by atoms with van der Waals surface area (Å²) in [5, 5.41) is 9.28. The summed E-state index contributed by atoms with van der Waals surface area (Å²) in [5.74, 6) is 1.13. The molecular weight excluding hydrogens is 322 g/mol. The molecule has 0 aliphatic carbocycles. The second kappa shape index (κ2) is 9.06. The van der Waals surface area contributed by atoms with Crippen molar-refractivity contribution in [2.45, 2.75) is 33.2 Å². The van der Waals surface area contributed by atoms with Gasteiger partial charge in [-0.25, -0.2) is 18.1 Å². The van der Waals surface area contributed by atoms with Gasteiger partial charge in [-0.15, -0.1) is 11.3 Å². The van der Waals surface area contributed by atoms with E-state index in [0.717, 1.165) is 10.7 Å². The average molecular weight is 348 g/mol. The van der Waals surface area contributed by atoms with Gasteiger partial charge in [-0.05, 0) is 12.8 Å². The van der Waals surface area contributed by atoms with Crippen LogP contribution in [-0.4, -0.2) is 45.3 Å². The Labute approximate surface area is 136 Å². The molecular formula is C13H25N5O2S2. The highest BCUT2D eigenvalue weighted by Gasteiger charge is 2.07. The molecule has 0 radical (unpaired) electrons. The van der Waals surface area contributed by atoms with E-state index in [2.05, 4.69) is 44.6 Å². The number of aromatic nitrogens is 1. The maximum Gasteiger partial charge on any atom is 0.211 e. The van der Waals surface area contributed by atoms with Crippen molar-refractivity contribution in [1.82, 2.24) is 20.3 Å². The van der Waals surface area contributed by atoms with E-state index >= 15 is 0 Å². The third-order valence-corrected chi connectivity index (χ3v) is 5.18. The smallest absolute Gasteiger partial charge is 0.211 e. The zero-order valence-electron chi connectivity index (χ0n) is 13.5. The lowest BCUT2D eigenvalue weighted by Crippen LogP contribution is -2.41. The van der Waals surface area contributed by atoms with Gasteiger partial charge in [0.25, 0.3) is 0 Å². The predicted molar refractivity (Wildman–Crippen MR) is 91.9 cm³/mol. The molecule has 1 aromatic heterocycles. The monoisotopic (exact) mass is 347 g/mol. The van der Waals surface area contributed by atoms with Crippen LogP contribution in [0.4, 0.5) is 0 Å². The lowest BCUT2D eigenvalue weighted by atomic mass is 10.2. The Morgan fingerprint density at radius 2 is 2.09 bits per heavy atom. The van der Waals surface area contributed by atoms with E-state index < -0.39 is 10.0 Å². The van der Waals surface area contributed by atoms with Gasteiger partial charge in [0.1, 0.15) is 5.01 Å². The molecule has 22 heavy (non-hydrogen) atoms. The SMILES string of the molecule is CCS(=O)(=O)NCCNC(=NC)NCc1nc(C(C)C)cs1. The van der Waals surface area contributed by atoms with Gasteiger partial charge in [0.2, 0.25) is 10.0 Å². The Balaban J connectivity index is 2.33. The molecule has 0 saturated carbocycles. The Hall–Kier alpha value is -1.19. The quantitative estimate of drug-likeness (QED) is 0.368. The third-order valence-electron chi connectivity index (χ3n) is 2.91. The Morgan fingerprint density at radius 1 is 1.36 bits per heavy atom. The highest BCUT2D eigenvalue weighted by Crippen LogP contribution is 2.17. The van der Waals surface area contributed by atoms with E-state index in [-0.39, 0.29) is 5.75 Å². The van der Waals surface area contributed by atoms with E-state index in [1.165, 1.54) is 0 Å². The molecule has 0 unspecified atom stereocenters. The molecule has 9 heteroatoms. The first-order valence-electron chi connectivity index (χ1n) is 7.24. The fourth-order valence-corrected chi connectivity index (χ4v) is 3.05. The first-order valence-corrected chi connectivity index (χ1v) is 9.77. The molecule has 1 rings (SSSR count). The zero-order chi connectivity index (χ0) is 16.6. The van der Waals surface area contributed by atoms with E-state index in [9.17, 15) is 8.42 Å². The lowest BCUT2D eigenvalue weighted by molar-refractivity contribution is 0.582. The van der Waals surface area contributed by atoms with Crippen LogP contribution >= 0.6 is 11.3 Å². The van der Waals surface area contributed by atoms with Gasteiger partial charge >= 0.3 is 0 Å². The molecule has 0 fully saturated rings. The van der Waals surface area contributed by atoms with E-state index in [4.69, 9.17) is 0 Å². The van der Waals surface area contributed by atoms with Crippen molar-refractivity contribution in [1.29, 1.82) is 0 Å². The minimum Gasteiger partial charge on any atom is -0.355 e. The Kier molecular flexibility index (Phi) is 7.77. The summed E-state index contributed by atoms with van der Waals surface area (Å²) in [6.07, 6.45) is 0. The summed E-state index contributed by atoms with van der Waals surface area (Å²) < 4.78 is 25.1. The molecule has 7 nitrogen and oxygen atoms in total. The van der Waals surface area contributed by atoms with Crippen LogP contribution in [0.3, 0.4) is 0 Å². The maximum absolute atomic E-state index is 11.3. The van der Waals surface area contributed by atoms with Gasteiger partial charge in [-0.2, -0.15) is 0 Å². The summed E-state index contributed by atoms with van der Waals surface area (Å²) >= 11 is 1.62. The minimum atomic E-state index is -3.14. The number of nitrogens with zero attached hydrogens (tertiary/aromatic N) is 2. The summed E-state index contributed by atoms with van der Waals surface area (Å²) in [6, 6.07) is 0. The number of hydrogen-bond donors (Lipinski definition) is 3. The van der Waals surface area contributed by atoms with Crippen molar-refractivity contribution < 1.29 is 8.42 Å². The van der Waals surface area contributed by atoms with Gasteiger partial charge in [-0.3, -0.25) is 4.99 Å². The van der Waals surface area contributed by atoms with Crippen LogP contribution < -0.4 is 15.4 Å². The molecule has 0 aliphatic heterocycles. The molecule has 0 spiro atoms. The number of sulfonamides is 1. The first-order chi connectivity index (χ1) is 10.4. The molecule has 0 bridgehead atoms. The second-order valence-corrected chi connectivity index (χ2v) is 8.01. The Morgan fingerprint density at radius 3 is 2.64 bits per heavy atom. The van der Waals surface area contributed by atoms with Crippen molar-refractivity contribution in [3.8, 4) is 0 Å².